The molecular formula is C23H35NO5. The van der Waals surface area contributed by atoms with Crippen molar-refractivity contribution in [1.29, 1.82) is 0 Å². The molecule has 0 radical (unpaired) electrons. The average Bonchev–Trinajstić information content (AvgIpc) is 2.66. The molecule has 1 aromatic rings. The van der Waals surface area contributed by atoms with Gasteiger partial charge in [0, 0.05) is 6.54 Å². The molecule has 1 aliphatic carbocycles. The monoisotopic (exact) mass is 405 g/mol. The van der Waals surface area contributed by atoms with E-state index < -0.39 is 17.7 Å². The van der Waals surface area contributed by atoms with Crippen LogP contribution in [0.3, 0.4) is 0 Å². The van der Waals surface area contributed by atoms with E-state index in [4.69, 9.17) is 4.74 Å². The van der Waals surface area contributed by atoms with Gasteiger partial charge in [0.05, 0.1) is 11.7 Å². The zero-order valence-corrected chi connectivity index (χ0v) is 18.0. The number of carbonyl (C=O) groups is 2. The van der Waals surface area contributed by atoms with Gasteiger partial charge >= 0.3 is 5.97 Å². The third-order valence-corrected chi connectivity index (χ3v) is 5.81. The Labute approximate surface area is 173 Å². The Kier molecular flexibility index (Phi) is 8.23. The molecule has 0 saturated heterocycles. The molecule has 3 N–H and O–H groups in total. The molecule has 29 heavy (non-hydrogen) atoms. The number of rotatable bonds is 8. The van der Waals surface area contributed by atoms with E-state index in [9.17, 15) is 19.8 Å². The Bertz CT molecular complexity index is 702. The second-order valence-corrected chi connectivity index (χ2v) is 8.77. The van der Waals surface area contributed by atoms with Gasteiger partial charge in [-0.05, 0) is 55.6 Å². The van der Waals surface area contributed by atoms with Crippen molar-refractivity contribution >= 4 is 11.9 Å². The number of amides is 1. The van der Waals surface area contributed by atoms with Gasteiger partial charge in [-0.25, -0.2) is 4.79 Å². The van der Waals surface area contributed by atoms with E-state index in [0.717, 1.165) is 18.4 Å². The predicted molar refractivity (Wildman–Crippen MR) is 111 cm³/mol. The first-order valence-corrected chi connectivity index (χ1v) is 10.6. The summed E-state index contributed by atoms with van der Waals surface area (Å²) in [5.41, 5.74) is -0.165. The molecule has 0 aliphatic heterocycles. The third-order valence-electron chi connectivity index (χ3n) is 5.81. The van der Waals surface area contributed by atoms with E-state index in [1.54, 1.807) is 19.1 Å². The van der Waals surface area contributed by atoms with Crippen LogP contribution in [0.25, 0.3) is 0 Å². The molecule has 1 fully saturated rings. The van der Waals surface area contributed by atoms with Crippen LogP contribution >= 0.6 is 0 Å². The summed E-state index contributed by atoms with van der Waals surface area (Å²) >= 11 is 0. The quantitative estimate of drug-likeness (QED) is 0.578. The maximum Gasteiger partial charge on any atom is 0.338 e. The molecule has 0 bridgehead atoms. The van der Waals surface area contributed by atoms with Crippen molar-refractivity contribution in [1.82, 2.24) is 5.32 Å². The van der Waals surface area contributed by atoms with Gasteiger partial charge in [0.15, 0.2) is 0 Å². The van der Waals surface area contributed by atoms with Crippen molar-refractivity contribution in [3.63, 3.8) is 0 Å². The van der Waals surface area contributed by atoms with Gasteiger partial charge in [0.25, 0.3) is 5.91 Å². The normalized spacial score (nSPS) is 25.5. The number of benzene rings is 1. The molecule has 0 aromatic heterocycles. The predicted octanol–water partition coefficient (Wildman–Crippen LogP) is 2.71. The van der Waals surface area contributed by atoms with Crippen molar-refractivity contribution in [2.24, 2.45) is 17.8 Å². The van der Waals surface area contributed by atoms with E-state index >= 15 is 0 Å². The number of hydrogen-bond donors (Lipinski definition) is 3. The summed E-state index contributed by atoms with van der Waals surface area (Å²) < 4.78 is 5.10. The van der Waals surface area contributed by atoms with Crippen molar-refractivity contribution in [2.75, 3.05) is 13.2 Å². The zero-order valence-electron chi connectivity index (χ0n) is 18.0. The number of aliphatic hydroxyl groups excluding tert-OH is 1. The molecule has 1 aromatic carbocycles. The van der Waals surface area contributed by atoms with Crippen molar-refractivity contribution in [3.05, 3.63) is 35.4 Å². The van der Waals surface area contributed by atoms with Crippen LogP contribution in [0.4, 0.5) is 0 Å². The van der Waals surface area contributed by atoms with Crippen LogP contribution in [0, 0.1) is 17.8 Å². The average molecular weight is 406 g/mol. The minimum atomic E-state index is -1.35. The molecule has 1 amide bonds. The summed E-state index contributed by atoms with van der Waals surface area (Å²) in [5.74, 6) is -0.335. The van der Waals surface area contributed by atoms with Gasteiger partial charge in [-0.2, -0.15) is 0 Å². The van der Waals surface area contributed by atoms with Gasteiger partial charge in [-0.15, -0.1) is 0 Å². The maximum atomic E-state index is 12.9. The van der Waals surface area contributed by atoms with Crippen LogP contribution < -0.4 is 5.32 Å². The summed E-state index contributed by atoms with van der Waals surface area (Å²) in [4.78, 5) is 25.1. The molecule has 6 heteroatoms. The summed E-state index contributed by atoms with van der Waals surface area (Å²) in [7, 11) is 0. The molecule has 162 valence electrons. The Morgan fingerprint density at radius 1 is 1.24 bits per heavy atom. The highest BCUT2D eigenvalue weighted by atomic mass is 16.5. The second kappa shape index (κ2) is 10.2. The lowest BCUT2D eigenvalue weighted by molar-refractivity contribution is -0.155. The largest absolute Gasteiger partial charge is 0.459 e. The number of ether oxygens (including phenoxy) is 1. The van der Waals surface area contributed by atoms with Gasteiger partial charge in [-0.3, -0.25) is 4.79 Å². The topological polar surface area (TPSA) is 95.9 Å². The molecule has 2 rings (SSSR count). The van der Waals surface area contributed by atoms with E-state index in [1.165, 1.54) is 0 Å². The maximum absolute atomic E-state index is 12.9. The van der Waals surface area contributed by atoms with Crippen molar-refractivity contribution in [3.8, 4) is 0 Å². The Morgan fingerprint density at radius 2 is 1.93 bits per heavy atom. The van der Waals surface area contributed by atoms with Crippen LogP contribution in [-0.4, -0.2) is 46.9 Å². The Balaban J connectivity index is 2.00. The lowest BCUT2D eigenvalue weighted by Crippen LogP contribution is -2.56. The molecule has 1 saturated carbocycles. The van der Waals surface area contributed by atoms with Gasteiger partial charge in [0.2, 0.25) is 0 Å². The third kappa shape index (κ3) is 6.03. The fourth-order valence-corrected chi connectivity index (χ4v) is 4.31. The molecule has 4 atom stereocenters. The number of nitrogens with one attached hydrogen (secondary N) is 1. The van der Waals surface area contributed by atoms with Crippen LogP contribution in [0.5, 0.6) is 0 Å². The standard InChI is InChI=1S/C23H35NO5/c1-15(2)20-10-9-16(3)13-23(20,28)22(27)24-12-11-18-7-5-6-8-19(18)21(26)29-14-17(4)25/h5-8,15-17,20,25,28H,9-14H2,1-4H3,(H,24,27)/t16-,17+,20+,23+/m1/s1. The molecule has 6 nitrogen and oxygen atoms in total. The van der Waals surface area contributed by atoms with E-state index in [-0.39, 0.29) is 24.3 Å². The molecule has 0 spiro atoms. The lowest BCUT2D eigenvalue weighted by Gasteiger charge is -2.43. The number of carbonyl (C=O) groups excluding carboxylic acids is 2. The van der Waals surface area contributed by atoms with Crippen LogP contribution in [0.1, 0.15) is 62.9 Å². The summed E-state index contributed by atoms with van der Waals surface area (Å²) in [6.45, 7) is 7.98. The highest BCUT2D eigenvalue weighted by molar-refractivity contribution is 5.91. The van der Waals surface area contributed by atoms with E-state index in [2.05, 4.69) is 12.2 Å². The van der Waals surface area contributed by atoms with Crippen LogP contribution in [0.2, 0.25) is 0 Å². The summed E-state index contributed by atoms with van der Waals surface area (Å²) in [5, 5.41) is 23.4. The molecular weight excluding hydrogens is 370 g/mol. The first-order valence-electron chi connectivity index (χ1n) is 10.6. The summed E-state index contributed by atoms with van der Waals surface area (Å²) in [6.07, 6.45) is 2.08. The Morgan fingerprint density at radius 3 is 2.59 bits per heavy atom. The first-order chi connectivity index (χ1) is 13.6. The number of hydrogen-bond acceptors (Lipinski definition) is 5. The Hall–Kier alpha value is -1.92. The van der Waals surface area contributed by atoms with Crippen LogP contribution in [0.15, 0.2) is 24.3 Å². The van der Waals surface area contributed by atoms with Gasteiger partial charge < -0.3 is 20.3 Å². The SMILES string of the molecule is CC(C)[C@@H]1CC[C@@H](C)C[C@@]1(O)C(=O)NCCc1ccccc1C(=O)OC[C@H](C)O. The van der Waals surface area contributed by atoms with Crippen LogP contribution in [-0.2, 0) is 16.0 Å². The van der Waals surface area contributed by atoms with E-state index in [1.807, 2.05) is 26.0 Å². The minimum Gasteiger partial charge on any atom is -0.459 e. The lowest BCUT2D eigenvalue weighted by atomic mass is 9.66. The number of esters is 1. The molecule has 0 heterocycles. The smallest absolute Gasteiger partial charge is 0.338 e. The number of aliphatic hydroxyl groups is 2. The van der Waals surface area contributed by atoms with E-state index in [0.29, 0.717) is 30.9 Å². The minimum absolute atomic E-state index is 0.0542. The highest BCUT2D eigenvalue weighted by Gasteiger charge is 2.48. The van der Waals surface area contributed by atoms with Crippen molar-refractivity contribution < 1.29 is 24.5 Å². The first kappa shape index (κ1) is 23.4. The van der Waals surface area contributed by atoms with Gasteiger partial charge in [0.1, 0.15) is 12.2 Å². The molecule has 0 unspecified atom stereocenters. The highest BCUT2D eigenvalue weighted by Crippen LogP contribution is 2.41. The molecule has 1 aliphatic rings. The summed E-state index contributed by atoms with van der Waals surface area (Å²) in [6, 6.07) is 7.07. The fourth-order valence-electron chi connectivity index (χ4n) is 4.31. The zero-order chi connectivity index (χ0) is 21.6. The fraction of sp³-hybridized carbons (Fsp3) is 0.652. The van der Waals surface area contributed by atoms with Crippen molar-refractivity contribution in [2.45, 2.75) is 65.1 Å². The second-order valence-electron chi connectivity index (χ2n) is 8.77. The van der Waals surface area contributed by atoms with Gasteiger partial charge in [-0.1, -0.05) is 45.4 Å².